The molecule has 0 bridgehead atoms. The van der Waals surface area contributed by atoms with Crippen molar-refractivity contribution in [2.75, 3.05) is 5.32 Å². The molecule has 0 aliphatic rings. The maximum absolute atomic E-state index is 11.5. The number of carboxylic acid groups (broad SMARTS) is 1. The maximum atomic E-state index is 11.5. The largest absolute Gasteiger partial charge is 0.479 e. The van der Waals surface area contributed by atoms with Crippen LogP contribution in [0.5, 0.6) is 0 Å². The lowest BCUT2D eigenvalue weighted by molar-refractivity contribution is -0.138. The van der Waals surface area contributed by atoms with E-state index in [-0.39, 0.29) is 5.41 Å². The summed E-state index contributed by atoms with van der Waals surface area (Å²) in [6, 6.07) is 10.1. The van der Waals surface area contributed by atoms with Crippen LogP contribution in [0.3, 0.4) is 0 Å². The third-order valence-corrected chi connectivity index (χ3v) is 4.88. The highest BCUT2D eigenvalue weighted by atomic mass is 35.5. The van der Waals surface area contributed by atoms with E-state index in [0.717, 1.165) is 10.6 Å². The van der Waals surface area contributed by atoms with Gasteiger partial charge in [0.25, 0.3) is 0 Å². The first kappa shape index (κ1) is 15.9. The van der Waals surface area contributed by atoms with Gasteiger partial charge in [0.15, 0.2) is 6.04 Å². The molecule has 0 aliphatic heterocycles. The molecule has 0 saturated carbocycles. The number of halogens is 1. The van der Waals surface area contributed by atoms with Crippen LogP contribution < -0.4 is 5.32 Å². The summed E-state index contributed by atoms with van der Waals surface area (Å²) in [5.41, 5.74) is 0.754. The zero-order valence-corrected chi connectivity index (χ0v) is 13.8. The van der Waals surface area contributed by atoms with Gasteiger partial charge in [-0.2, -0.15) is 0 Å². The molecule has 2 N–H and O–H groups in total. The van der Waals surface area contributed by atoms with E-state index in [0.29, 0.717) is 5.02 Å². The number of carbonyl (C=O) groups is 1. The Hall–Kier alpha value is -1.52. The van der Waals surface area contributed by atoms with Crippen LogP contribution in [0.4, 0.5) is 5.69 Å². The lowest BCUT2D eigenvalue weighted by atomic mass is 9.95. The molecule has 0 saturated heterocycles. The van der Waals surface area contributed by atoms with Gasteiger partial charge in [0.2, 0.25) is 0 Å². The van der Waals surface area contributed by atoms with Gasteiger partial charge in [0.1, 0.15) is 0 Å². The number of hydrogen-bond acceptors (Lipinski definition) is 3. The van der Waals surface area contributed by atoms with Crippen molar-refractivity contribution >= 4 is 34.6 Å². The molecule has 2 aromatic rings. The van der Waals surface area contributed by atoms with E-state index >= 15 is 0 Å². The van der Waals surface area contributed by atoms with Crippen molar-refractivity contribution in [3.05, 3.63) is 51.2 Å². The third-order valence-electron chi connectivity index (χ3n) is 3.05. The number of rotatable bonds is 4. The molecule has 1 aromatic carbocycles. The number of hydrogen-bond donors (Lipinski definition) is 2. The summed E-state index contributed by atoms with van der Waals surface area (Å²) in [5.74, 6) is -0.896. The molecule has 5 heteroatoms. The Labute approximate surface area is 133 Å². The molecule has 0 aliphatic carbocycles. The number of nitrogens with one attached hydrogen (secondary N) is 1. The Balaban J connectivity index is 2.25. The molecule has 0 spiro atoms. The van der Waals surface area contributed by atoms with Gasteiger partial charge in [-0.15, -0.1) is 11.3 Å². The van der Waals surface area contributed by atoms with Crippen molar-refractivity contribution in [1.29, 1.82) is 0 Å². The van der Waals surface area contributed by atoms with Crippen LogP contribution in [0.25, 0.3) is 0 Å². The van der Waals surface area contributed by atoms with Crippen molar-refractivity contribution in [1.82, 2.24) is 0 Å². The van der Waals surface area contributed by atoms with Gasteiger partial charge < -0.3 is 10.4 Å². The van der Waals surface area contributed by atoms with Gasteiger partial charge >= 0.3 is 5.97 Å². The third kappa shape index (κ3) is 3.99. The summed E-state index contributed by atoms with van der Waals surface area (Å²) in [6.07, 6.45) is 0. The van der Waals surface area contributed by atoms with Crippen molar-refractivity contribution in [2.24, 2.45) is 0 Å². The Morgan fingerprint density at radius 2 is 1.81 bits per heavy atom. The van der Waals surface area contributed by atoms with Crippen LogP contribution in [-0.2, 0) is 10.2 Å². The quantitative estimate of drug-likeness (QED) is 0.838. The van der Waals surface area contributed by atoms with Crippen LogP contribution >= 0.6 is 22.9 Å². The molecule has 0 amide bonds. The zero-order chi connectivity index (χ0) is 15.6. The van der Waals surface area contributed by atoms with E-state index in [1.807, 2.05) is 12.1 Å². The SMILES string of the molecule is CC(C)(C)c1ccc(C(Nc2ccc(Cl)cc2)C(=O)O)s1. The smallest absolute Gasteiger partial charge is 0.331 e. The van der Waals surface area contributed by atoms with Gasteiger partial charge in [-0.05, 0) is 41.8 Å². The van der Waals surface area contributed by atoms with Crippen LogP contribution in [0.15, 0.2) is 36.4 Å². The molecule has 21 heavy (non-hydrogen) atoms. The predicted molar refractivity (Wildman–Crippen MR) is 88.5 cm³/mol. The molecular weight excluding hydrogens is 306 g/mol. The number of anilines is 1. The fraction of sp³-hybridized carbons (Fsp3) is 0.312. The van der Waals surface area contributed by atoms with Crippen molar-refractivity contribution < 1.29 is 9.90 Å². The normalized spacial score (nSPS) is 13.0. The topological polar surface area (TPSA) is 49.3 Å². The van der Waals surface area contributed by atoms with Crippen LogP contribution in [-0.4, -0.2) is 11.1 Å². The first-order chi connectivity index (χ1) is 9.77. The highest BCUT2D eigenvalue weighted by Crippen LogP contribution is 2.33. The molecule has 1 aromatic heterocycles. The maximum Gasteiger partial charge on any atom is 0.331 e. The van der Waals surface area contributed by atoms with Gasteiger partial charge in [-0.3, -0.25) is 0 Å². The molecule has 112 valence electrons. The highest BCUT2D eigenvalue weighted by molar-refractivity contribution is 7.12. The minimum atomic E-state index is -0.896. The molecule has 0 fully saturated rings. The van der Waals surface area contributed by atoms with Crippen LogP contribution in [0, 0.1) is 0 Å². The summed E-state index contributed by atoms with van der Waals surface area (Å²) >= 11 is 7.37. The highest BCUT2D eigenvalue weighted by Gasteiger charge is 2.24. The standard InChI is InChI=1S/C16H18ClNO2S/c1-16(2,3)13-9-8-12(21-13)14(15(19)20)18-11-6-4-10(17)5-7-11/h4-9,14,18H,1-3H3,(H,19,20). The predicted octanol–water partition coefficient (Wildman–Crippen LogP) is 4.94. The fourth-order valence-electron chi connectivity index (χ4n) is 1.88. The second-order valence-electron chi connectivity index (χ2n) is 5.87. The molecule has 0 radical (unpaired) electrons. The second-order valence-corrected chi connectivity index (χ2v) is 7.43. The molecule has 1 unspecified atom stereocenters. The fourth-order valence-corrected chi connectivity index (χ4v) is 3.11. The van der Waals surface area contributed by atoms with E-state index in [1.165, 1.54) is 16.2 Å². The molecule has 1 heterocycles. The van der Waals surface area contributed by atoms with E-state index < -0.39 is 12.0 Å². The Kier molecular flexibility index (Phi) is 4.59. The van der Waals surface area contributed by atoms with Gasteiger partial charge in [-0.1, -0.05) is 32.4 Å². The van der Waals surface area contributed by atoms with E-state index in [1.54, 1.807) is 24.3 Å². The van der Waals surface area contributed by atoms with Gasteiger partial charge in [0, 0.05) is 20.5 Å². The number of carboxylic acids is 1. The second kappa shape index (κ2) is 6.08. The monoisotopic (exact) mass is 323 g/mol. The Morgan fingerprint density at radius 1 is 1.19 bits per heavy atom. The molecule has 3 nitrogen and oxygen atoms in total. The minimum Gasteiger partial charge on any atom is -0.479 e. The summed E-state index contributed by atoms with van der Waals surface area (Å²) in [5, 5.41) is 13.1. The number of benzene rings is 1. The Bertz CT molecular complexity index is 628. The van der Waals surface area contributed by atoms with E-state index in [4.69, 9.17) is 11.6 Å². The lowest BCUT2D eigenvalue weighted by Crippen LogP contribution is -2.19. The van der Waals surface area contributed by atoms with Crippen molar-refractivity contribution in [3.8, 4) is 0 Å². The first-order valence-electron chi connectivity index (χ1n) is 6.62. The molecule has 2 rings (SSSR count). The minimum absolute atomic E-state index is 0.0201. The zero-order valence-electron chi connectivity index (χ0n) is 12.2. The lowest BCUT2D eigenvalue weighted by Gasteiger charge is -2.17. The average molecular weight is 324 g/mol. The van der Waals surface area contributed by atoms with E-state index in [9.17, 15) is 9.90 Å². The van der Waals surface area contributed by atoms with Crippen LogP contribution in [0.2, 0.25) is 5.02 Å². The van der Waals surface area contributed by atoms with Gasteiger partial charge in [0.05, 0.1) is 0 Å². The summed E-state index contributed by atoms with van der Waals surface area (Å²) < 4.78 is 0. The van der Waals surface area contributed by atoms with E-state index in [2.05, 4.69) is 26.1 Å². The first-order valence-corrected chi connectivity index (χ1v) is 7.82. The number of aliphatic carboxylic acids is 1. The average Bonchev–Trinajstić information content (AvgIpc) is 2.87. The van der Waals surface area contributed by atoms with Crippen molar-refractivity contribution in [2.45, 2.75) is 32.2 Å². The summed E-state index contributed by atoms with van der Waals surface area (Å²) in [7, 11) is 0. The van der Waals surface area contributed by atoms with Gasteiger partial charge in [-0.25, -0.2) is 4.79 Å². The van der Waals surface area contributed by atoms with Crippen molar-refractivity contribution in [3.63, 3.8) is 0 Å². The summed E-state index contributed by atoms with van der Waals surface area (Å²) in [4.78, 5) is 13.5. The van der Waals surface area contributed by atoms with Crippen LogP contribution in [0.1, 0.15) is 36.6 Å². The molecule has 1 atom stereocenters. The number of thiophene rings is 1. The summed E-state index contributed by atoms with van der Waals surface area (Å²) in [6.45, 7) is 6.35. The molecular formula is C16H18ClNO2S. The Morgan fingerprint density at radius 3 is 2.29 bits per heavy atom.